The van der Waals surface area contributed by atoms with Crippen LogP contribution in [-0.4, -0.2) is 31.2 Å². The fourth-order valence-electron chi connectivity index (χ4n) is 2.06. The molecule has 0 bridgehead atoms. The molecule has 1 saturated carbocycles. The van der Waals surface area contributed by atoms with Crippen molar-refractivity contribution in [2.24, 2.45) is 0 Å². The van der Waals surface area contributed by atoms with Crippen molar-refractivity contribution in [1.29, 1.82) is 0 Å². The number of hydrogen-bond acceptors (Lipinski definition) is 3. The van der Waals surface area contributed by atoms with Crippen LogP contribution in [-0.2, 0) is 9.53 Å². The van der Waals surface area contributed by atoms with Crippen LogP contribution in [0.25, 0.3) is 0 Å². The van der Waals surface area contributed by atoms with Crippen molar-refractivity contribution in [3.8, 4) is 0 Å². The lowest BCUT2D eigenvalue weighted by Gasteiger charge is -2.34. The molecule has 21 heavy (non-hydrogen) atoms. The molecule has 0 atom stereocenters. The molecule has 0 saturated heterocycles. The molecule has 0 heterocycles. The second kappa shape index (κ2) is 13.7. The minimum Gasteiger partial charge on any atom is -0.453 e. The molecule has 0 radical (unpaired) electrons. The highest BCUT2D eigenvalue weighted by atomic mass is 16.5. The Bertz CT molecular complexity index is 275. The smallest absolute Gasteiger partial charge is 0.407 e. The highest BCUT2D eigenvalue weighted by Gasteiger charge is 2.28. The molecule has 0 aromatic carbocycles. The minimum atomic E-state index is -0.580. The van der Waals surface area contributed by atoms with E-state index in [1.807, 2.05) is 13.8 Å². The highest BCUT2D eigenvalue weighted by Crippen LogP contribution is 2.27. The topological polar surface area (TPSA) is 67.4 Å². The summed E-state index contributed by atoms with van der Waals surface area (Å²) >= 11 is 0. The Morgan fingerprint density at radius 3 is 2.00 bits per heavy atom. The second-order valence-corrected chi connectivity index (χ2v) is 5.22. The maximum atomic E-state index is 11.6. The van der Waals surface area contributed by atoms with Crippen LogP contribution >= 0.6 is 0 Å². The Morgan fingerprint density at radius 2 is 1.57 bits per heavy atom. The number of methoxy groups -OCH3 is 1. The van der Waals surface area contributed by atoms with E-state index in [1.54, 1.807) is 0 Å². The monoisotopic (exact) mass is 302 g/mol. The number of amides is 2. The average Bonchev–Trinajstić information content (AvgIpc) is 2.48. The van der Waals surface area contributed by atoms with Crippen molar-refractivity contribution in [2.45, 2.75) is 78.7 Å². The molecule has 0 spiro atoms. The van der Waals surface area contributed by atoms with E-state index in [0.29, 0.717) is 0 Å². The first-order valence-electron chi connectivity index (χ1n) is 8.10. The Morgan fingerprint density at radius 1 is 1.10 bits per heavy atom. The molecule has 5 heteroatoms. The van der Waals surface area contributed by atoms with Gasteiger partial charge in [0, 0.05) is 5.54 Å². The zero-order chi connectivity index (χ0) is 16.7. The number of hydrogen-bond donors (Lipinski definition) is 2. The highest BCUT2D eigenvalue weighted by molar-refractivity contribution is 5.82. The van der Waals surface area contributed by atoms with Crippen molar-refractivity contribution in [3.05, 3.63) is 0 Å². The van der Waals surface area contributed by atoms with Gasteiger partial charge in [-0.15, -0.1) is 0 Å². The van der Waals surface area contributed by atoms with E-state index in [-0.39, 0.29) is 18.0 Å². The summed E-state index contributed by atoms with van der Waals surface area (Å²) in [5, 5.41) is 5.33. The molecular formula is C16H34N2O3. The minimum absolute atomic E-state index is 0.0255. The molecule has 1 fully saturated rings. The lowest BCUT2D eigenvalue weighted by Crippen LogP contribution is -2.50. The summed E-state index contributed by atoms with van der Waals surface area (Å²) in [6.07, 6.45) is 6.24. The molecule has 1 aliphatic rings. The second-order valence-electron chi connectivity index (χ2n) is 5.22. The van der Waals surface area contributed by atoms with E-state index in [0.717, 1.165) is 25.7 Å². The van der Waals surface area contributed by atoms with Gasteiger partial charge in [0.25, 0.3) is 0 Å². The lowest BCUT2D eigenvalue weighted by molar-refractivity contribution is -0.122. The molecule has 1 rings (SSSR count). The number of nitrogens with one attached hydrogen (secondary N) is 2. The van der Waals surface area contributed by atoms with E-state index in [2.05, 4.69) is 36.1 Å². The van der Waals surface area contributed by atoms with Gasteiger partial charge < -0.3 is 15.4 Å². The Kier molecular flexibility index (Phi) is 14.4. The van der Waals surface area contributed by atoms with E-state index in [9.17, 15) is 9.59 Å². The summed E-state index contributed by atoms with van der Waals surface area (Å²) in [6, 6.07) is 0. The molecule has 126 valence electrons. The third kappa shape index (κ3) is 12.2. The quantitative estimate of drug-likeness (QED) is 0.836. The molecule has 0 aromatic heterocycles. The van der Waals surface area contributed by atoms with E-state index in [1.165, 1.54) is 20.0 Å². The van der Waals surface area contributed by atoms with Crippen molar-refractivity contribution >= 4 is 12.0 Å². The van der Waals surface area contributed by atoms with E-state index >= 15 is 0 Å². The Hall–Kier alpha value is -1.26. The fourth-order valence-corrected chi connectivity index (χ4v) is 2.06. The van der Waals surface area contributed by atoms with Crippen LogP contribution in [0.2, 0.25) is 0 Å². The first kappa shape index (κ1) is 22.0. The van der Waals surface area contributed by atoms with Gasteiger partial charge in [-0.2, -0.15) is 0 Å². The number of carbonyl (C=O) groups is 2. The van der Waals surface area contributed by atoms with Gasteiger partial charge in [-0.25, -0.2) is 4.79 Å². The summed E-state index contributed by atoms with van der Waals surface area (Å²) in [4.78, 5) is 22.3. The first-order chi connectivity index (χ1) is 9.97. The maximum Gasteiger partial charge on any atom is 0.407 e. The summed E-state index contributed by atoms with van der Waals surface area (Å²) < 4.78 is 4.39. The average molecular weight is 302 g/mol. The predicted octanol–water partition coefficient (Wildman–Crippen LogP) is 3.62. The number of rotatable bonds is 3. The maximum absolute atomic E-state index is 11.6. The van der Waals surface area contributed by atoms with E-state index in [4.69, 9.17) is 0 Å². The Balaban J connectivity index is 0. The van der Waals surface area contributed by atoms with Crippen LogP contribution in [0.4, 0.5) is 4.79 Å². The summed E-state index contributed by atoms with van der Waals surface area (Å²) in [6.45, 7) is 10.3. The third-order valence-corrected chi connectivity index (χ3v) is 2.98. The molecule has 1 aliphatic carbocycles. The summed E-state index contributed by atoms with van der Waals surface area (Å²) in [5.74, 6) is -0.158. The van der Waals surface area contributed by atoms with Crippen LogP contribution in [0.15, 0.2) is 0 Å². The fraction of sp³-hybridized carbons (Fsp3) is 0.875. The van der Waals surface area contributed by atoms with Crippen molar-refractivity contribution in [1.82, 2.24) is 10.6 Å². The van der Waals surface area contributed by atoms with Crippen LogP contribution in [0, 0.1) is 0 Å². The number of carbonyl (C=O) groups excluding carboxylic acids is 2. The molecule has 0 unspecified atom stereocenters. The number of alkyl carbamates (subject to hydrolysis) is 1. The van der Waals surface area contributed by atoms with Crippen LogP contribution in [0.5, 0.6) is 0 Å². The van der Waals surface area contributed by atoms with Crippen molar-refractivity contribution in [3.63, 3.8) is 0 Å². The SMILES string of the molecule is CC.CCC.COC(=O)NCC(=O)NC1(C)CCCCC1. The van der Waals surface area contributed by atoms with Gasteiger partial charge >= 0.3 is 6.09 Å². The van der Waals surface area contributed by atoms with Gasteiger partial charge in [-0.3, -0.25) is 4.79 Å². The third-order valence-electron chi connectivity index (χ3n) is 2.98. The zero-order valence-corrected chi connectivity index (χ0v) is 14.7. The number of ether oxygens (including phenoxy) is 1. The molecule has 2 amide bonds. The zero-order valence-electron chi connectivity index (χ0n) is 14.7. The summed E-state index contributed by atoms with van der Waals surface area (Å²) in [5.41, 5.74) is -0.104. The predicted molar refractivity (Wildman–Crippen MR) is 87.4 cm³/mol. The van der Waals surface area contributed by atoms with Gasteiger partial charge in [0.2, 0.25) is 5.91 Å². The lowest BCUT2D eigenvalue weighted by atomic mass is 9.83. The standard InChI is InChI=1S/C11H20N2O3.C3H8.C2H6/c1-11(6-4-3-5-7-11)13-9(14)8-12-10(15)16-2;1-3-2;1-2/h3-8H2,1-2H3,(H,12,15)(H,13,14);3H2,1-2H3;1-2H3. The van der Waals surface area contributed by atoms with E-state index < -0.39 is 6.09 Å². The van der Waals surface area contributed by atoms with Crippen LogP contribution < -0.4 is 10.6 Å². The van der Waals surface area contributed by atoms with Gasteiger partial charge in [0.05, 0.1) is 7.11 Å². The van der Waals surface area contributed by atoms with Crippen molar-refractivity contribution in [2.75, 3.05) is 13.7 Å². The Labute approximate surface area is 130 Å². The largest absolute Gasteiger partial charge is 0.453 e. The molecular weight excluding hydrogens is 268 g/mol. The molecule has 0 aliphatic heterocycles. The van der Waals surface area contributed by atoms with Gasteiger partial charge in [-0.05, 0) is 19.8 Å². The molecule has 5 nitrogen and oxygen atoms in total. The van der Waals surface area contributed by atoms with Gasteiger partial charge in [0.1, 0.15) is 6.54 Å². The molecule has 0 aromatic rings. The summed E-state index contributed by atoms with van der Waals surface area (Å²) in [7, 11) is 1.27. The first-order valence-corrected chi connectivity index (χ1v) is 8.10. The van der Waals surface area contributed by atoms with Crippen LogP contribution in [0.3, 0.4) is 0 Å². The molecule has 2 N–H and O–H groups in total. The van der Waals surface area contributed by atoms with Gasteiger partial charge in [-0.1, -0.05) is 53.4 Å². The van der Waals surface area contributed by atoms with Gasteiger partial charge in [0.15, 0.2) is 0 Å². The van der Waals surface area contributed by atoms with Crippen molar-refractivity contribution < 1.29 is 14.3 Å². The van der Waals surface area contributed by atoms with Crippen LogP contribution in [0.1, 0.15) is 73.1 Å². The normalized spacial score (nSPS) is 15.3.